The van der Waals surface area contributed by atoms with Crippen LogP contribution in [0.15, 0.2) is 84.9 Å². The summed E-state index contributed by atoms with van der Waals surface area (Å²) in [6.45, 7) is 4.77. The molecular formula is C28H42O. The van der Waals surface area contributed by atoms with Gasteiger partial charge in [-0.05, 0) is 53.0 Å². The quantitative estimate of drug-likeness (QED) is 0.461. The first-order valence-electron chi connectivity index (χ1n) is 9.03. The summed E-state index contributed by atoms with van der Waals surface area (Å²) in [4.78, 5) is 0. The van der Waals surface area contributed by atoms with Crippen LogP contribution in [0, 0.1) is 5.92 Å². The number of rotatable bonds is 2. The molecule has 0 spiro atoms. The fourth-order valence-electron chi connectivity index (χ4n) is 3.98. The highest BCUT2D eigenvalue weighted by Gasteiger charge is 2.33. The van der Waals surface area contributed by atoms with Crippen molar-refractivity contribution in [1.29, 1.82) is 0 Å². The van der Waals surface area contributed by atoms with Crippen molar-refractivity contribution in [2.45, 2.75) is 61.8 Å². The van der Waals surface area contributed by atoms with Gasteiger partial charge in [-0.15, -0.1) is 0 Å². The summed E-state index contributed by atoms with van der Waals surface area (Å²) in [6, 6.07) is 28.6. The lowest BCUT2D eigenvalue weighted by molar-refractivity contribution is 0.441. The van der Waals surface area contributed by atoms with E-state index in [1.54, 1.807) is 35.4 Å². The molecule has 1 heteroatoms. The number of para-hydroxylation sites is 1. The molecule has 1 nitrogen and oxygen atoms in total. The molecule has 1 aliphatic rings. The minimum absolute atomic E-state index is 0. The topological polar surface area (TPSA) is 20.2 Å². The van der Waals surface area contributed by atoms with Crippen LogP contribution in [-0.2, 0) is 6.42 Å². The predicted octanol–water partition coefficient (Wildman–Crippen LogP) is 8.70. The van der Waals surface area contributed by atoms with E-state index in [4.69, 9.17) is 5.11 Å². The first-order valence-corrected chi connectivity index (χ1v) is 9.03. The Morgan fingerprint density at radius 1 is 0.724 bits per heavy atom. The number of hydrogen-bond acceptors (Lipinski definition) is 1. The average molecular weight is 395 g/mol. The second-order valence-corrected chi connectivity index (χ2v) is 6.94. The SMILES string of the molecule is C.C.C.C.CC1Cc2ccccc2C1C(C)c1ccccc1.Oc1ccccc1. The molecule has 3 atom stereocenters. The van der Waals surface area contributed by atoms with Gasteiger partial charge in [-0.3, -0.25) is 0 Å². The molecule has 3 aromatic rings. The van der Waals surface area contributed by atoms with Gasteiger partial charge in [0.15, 0.2) is 0 Å². The van der Waals surface area contributed by atoms with Crippen LogP contribution >= 0.6 is 0 Å². The maximum Gasteiger partial charge on any atom is 0.115 e. The second-order valence-electron chi connectivity index (χ2n) is 6.94. The Bertz CT molecular complexity index is 780. The van der Waals surface area contributed by atoms with Crippen LogP contribution in [0.1, 0.15) is 72.1 Å². The largest absolute Gasteiger partial charge is 0.508 e. The molecule has 3 aromatic carbocycles. The van der Waals surface area contributed by atoms with E-state index in [9.17, 15) is 0 Å². The van der Waals surface area contributed by atoms with E-state index in [0.29, 0.717) is 17.6 Å². The third-order valence-corrected chi connectivity index (χ3v) is 5.19. The van der Waals surface area contributed by atoms with Crippen LogP contribution in [0.25, 0.3) is 0 Å². The monoisotopic (exact) mass is 394 g/mol. The molecule has 0 bridgehead atoms. The number of fused-ring (bicyclic) bond motifs is 1. The van der Waals surface area contributed by atoms with Gasteiger partial charge in [-0.2, -0.15) is 0 Å². The molecule has 0 heterocycles. The van der Waals surface area contributed by atoms with Crippen LogP contribution in [0.2, 0.25) is 0 Å². The lowest BCUT2D eigenvalue weighted by Crippen LogP contribution is -2.12. The van der Waals surface area contributed by atoms with E-state index in [0.717, 1.165) is 5.92 Å². The predicted molar refractivity (Wildman–Crippen MR) is 132 cm³/mol. The molecule has 29 heavy (non-hydrogen) atoms. The van der Waals surface area contributed by atoms with E-state index in [-0.39, 0.29) is 29.7 Å². The smallest absolute Gasteiger partial charge is 0.115 e. The molecule has 0 amide bonds. The van der Waals surface area contributed by atoms with Crippen molar-refractivity contribution in [1.82, 2.24) is 0 Å². The van der Waals surface area contributed by atoms with E-state index in [1.165, 1.54) is 12.0 Å². The highest BCUT2D eigenvalue weighted by Crippen LogP contribution is 2.45. The van der Waals surface area contributed by atoms with Gasteiger partial charge in [0.1, 0.15) is 5.75 Å². The Labute approximate surface area is 180 Å². The zero-order chi connectivity index (χ0) is 17.6. The van der Waals surface area contributed by atoms with E-state index in [1.807, 2.05) is 6.07 Å². The molecule has 1 aliphatic carbocycles. The number of hydrogen-bond donors (Lipinski definition) is 1. The minimum Gasteiger partial charge on any atom is -0.508 e. The fourth-order valence-corrected chi connectivity index (χ4v) is 3.98. The molecule has 0 radical (unpaired) electrons. The highest BCUT2D eigenvalue weighted by atomic mass is 16.3. The molecule has 0 fully saturated rings. The molecular weight excluding hydrogens is 352 g/mol. The number of phenols is 1. The summed E-state index contributed by atoms with van der Waals surface area (Å²) in [5.74, 6) is 2.34. The first-order chi connectivity index (χ1) is 12.2. The second kappa shape index (κ2) is 13.6. The Balaban J connectivity index is 0. The molecule has 0 saturated heterocycles. The van der Waals surface area contributed by atoms with Crippen LogP contribution in [0.4, 0.5) is 0 Å². The number of benzene rings is 3. The molecule has 0 saturated carbocycles. The molecule has 0 aliphatic heterocycles. The molecule has 1 N–H and O–H groups in total. The number of phenolic OH excluding ortho intramolecular Hbond substituents is 1. The Morgan fingerprint density at radius 3 is 1.72 bits per heavy atom. The lowest BCUT2D eigenvalue weighted by atomic mass is 9.79. The third-order valence-electron chi connectivity index (χ3n) is 5.19. The van der Waals surface area contributed by atoms with Gasteiger partial charge in [-0.1, -0.05) is 116 Å². The van der Waals surface area contributed by atoms with Crippen LogP contribution in [0.3, 0.4) is 0 Å². The summed E-state index contributed by atoms with van der Waals surface area (Å²) < 4.78 is 0. The van der Waals surface area contributed by atoms with Crippen LogP contribution < -0.4 is 0 Å². The summed E-state index contributed by atoms with van der Waals surface area (Å²) in [5, 5.41) is 8.63. The van der Waals surface area contributed by atoms with Crippen molar-refractivity contribution in [3.63, 3.8) is 0 Å². The molecule has 4 rings (SSSR count). The minimum atomic E-state index is 0. The van der Waals surface area contributed by atoms with Crippen molar-refractivity contribution in [3.8, 4) is 5.75 Å². The van der Waals surface area contributed by atoms with Gasteiger partial charge in [0.25, 0.3) is 0 Å². The fraction of sp³-hybridized carbons (Fsp3) is 0.357. The van der Waals surface area contributed by atoms with Gasteiger partial charge in [0, 0.05) is 0 Å². The molecule has 0 aromatic heterocycles. The third kappa shape index (κ3) is 7.09. The van der Waals surface area contributed by atoms with Gasteiger partial charge in [0.2, 0.25) is 0 Å². The van der Waals surface area contributed by atoms with Gasteiger partial charge < -0.3 is 5.11 Å². The summed E-state index contributed by atoms with van der Waals surface area (Å²) >= 11 is 0. The standard InChI is InChI=1S/C18H20.C6H6O.4CH4/c1-13-12-16-10-6-7-11-17(16)18(13)14(2)15-8-4-3-5-9-15;7-6-4-2-1-3-5-6;;;;/h3-11,13-14,18H,12H2,1-2H3;1-5,7H;4*1H4. The lowest BCUT2D eigenvalue weighted by Gasteiger charge is -2.25. The normalized spacial score (nSPS) is 16.8. The molecule has 3 unspecified atom stereocenters. The Kier molecular flexibility index (Phi) is 13.4. The Hall–Kier alpha value is -2.54. The maximum atomic E-state index is 8.63. The Morgan fingerprint density at radius 2 is 1.21 bits per heavy atom. The van der Waals surface area contributed by atoms with Crippen LogP contribution in [-0.4, -0.2) is 5.11 Å². The highest BCUT2D eigenvalue weighted by molar-refractivity contribution is 5.39. The van der Waals surface area contributed by atoms with Crippen LogP contribution in [0.5, 0.6) is 5.75 Å². The van der Waals surface area contributed by atoms with Crippen molar-refractivity contribution in [2.24, 2.45) is 5.92 Å². The van der Waals surface area contributed by atoms with Gasteiger partial charge in [0.05, 0.1) is 0 Å². The summed E-state index contributed by atoms with van der Waals surface area (Å²) in [7, 11) is 0. The van der Waals surface area contributed by atoms with Crippen molar-refractivity contribution >= 4 is 0 Å². The van der Waals surface area contributed by atoms with E-state index >= 15 is 0 Å². The summed E-state index contributed by atoms with van der Waals surface area (Å²) in [6.07, 6.45) is 1.23. The van der Waals surface area contributed by atoms with Gasteiger partial charge in [-0.25, -0.2) is 0 Å². The zero-order valence-corrected chi connectivity index (χ0v) is 15.0. The van der Waals surface area contributed by atoms with E-state index < -0.39 is 0 Å². The zero-order valence-electron chi connectivity index (χ0n) is 15.0. The van der Waals surface area contributed by atoms with E-state index in [2.05, 4.69) is 68.4 Å². The average Bonchev–Trinajstić information content (AvgIpc) is 2.99. The maximum absolute atomic E-state index is 8.63. The van der Waals surface area contributed by atoms with Crippen molar-refractivity contribution in [2.75, 3.05) is 0 Å². The van der Waals surface area contributed by atoms with Crippen molar-refractivity contribution < 1.29 is 5.11 Å². The van der Waals surface area contributed by atoms with Crippen molar-refractivity contribution in [3.05, 3.63) is 102 Å². The molecule has 160 valence electrons. The first kappa shape index (κ1) is 28.7. The van der Waals surface area contributed by atoms with Gasteiger partial charge >= 0.3 is 0 Å². The number of aromatic hydroxyl groups is 1. The summed E-state index contributed by atoms with van der Waals surface area (Å²) in [5.41, 5.74) is 4.59.